The van der Waals surface area contributed by atoms with Crippen LogP contribution in [0.15, 0.2) is 12.7 Å². The van der Waals surface area contributed by atoms with Crippen LogP contribution >= 0.6 is 22.6 Å². The highest BCUT2D eigenvalue weighted by molar-refractivity contribution is 14.1. The van der Waals surface area contributed by atoms with E-state index in [0.717, 1.165) is 10.8 Å². The summed E-state index contributed by atoms with van der Waals surface area (Å²) in [6.07, 6.45) is 5.98. The Hall–Kier alpha value is -0.590. The van der Waals surface area contributed by atoms with E-state index in [-0.39, 0.29) is 23.5 Å². The molecule has 0 aromatic rings. The first kappa shape index (κ1) is 15.8. The van der Waals surface area contributed by atoms with E-state index in [9.17, 15) is 9.59 Å². The van der Waals surface area contributed by atoms with Gasteiger partial charge in [0.25, 0.3) is 0 Å². The van der Waals surface area contributed by atoms with E-state index in [1.165, 1.54) is 7.11 Å². The molecule has 1 saturated heterocycles. The number of hydrogen-bond acceptors (Lipinski definition) is 4. The van der Waals surface area contributed by atoms with Gasteiger partial charge in [-0.05, 0) is 32.1 Å². The molecule has 20 heavy (non-hydrogen) atoms. The number of rotatable bonds is 4. The van der Waals surface area contributed by atoms with Crippen LogP contribution in [0.2, 0.25) is 0 Å². The minimum absolute atomic E-state index is 0.0353. The molecule has 1 aliphatic heterocycles. The molecule has 1 aliphatic carbocycles. The van der Waals surface area contributed by atoms with Gasteiger partial charge in [0, 0.05) is 10.8 Å². The first-order chi connectivity index (χ1) is 9.52. The van der Waals surface area contributed by atoms with Crippen LogP contribution in [0.1, 0.15) is 38.5 Å². The third kappa shape index (κ3) is 2.61. The van der Waals surface area contributed by atoms with Crippen molar-refractivity contribution in [2.45, 2.75) is 44.6 Å². The van der Waals surface area contributed by atoms with E-state index in [4.69, 9.17) is 9.47 Å². The summed E-state index contributed by atoms with van der Waals surface area (Å²) in [7, 11) is 1.42. The van der Waals surface area contributed by atoms with Crippen molar-refractivity contribution in [3.63, 3.8) is 0 Å². The Labute approximate surface area is 133 Å². The Balaban J connectivity index is 2.12. The topological polar surface area (TPSA) is 52.6 Å². The molecule has 0 radical (unpaired) electrons. The molecule has 1 heterocycles. The zero-order valence-corrected chi connectivity index (χ0v) is 14.0. The molecule has 1 atom stereocenters. The standard InChI is InChI=1S/C15H21IO4/c1-3-4-14(12(17)19-2)5-7-15(8-6-14)9-11(10-16)20-13(15)18/h3,11H,1,4-10H2,2H3. The number of hydrogen-bond donors (Lipinski definition) is 0. The third-order valence-electron chi connectivity index (χ3n) is 4.81. The van der Waals surface area contributed by atoms with Crippen LogP contribution in [0, 0.1) is 10.8 Å². The maximum atomic E-state index is 12.2. The second-order valence-electron chi connectivity index (χ2n) is 5.93. The van der Waals surface area contributed by atoms with E-state index in [0.29, 0.717) is 32.1 Å². The molecule has 2 fully saturated rings. The Morgan fingerprint density at radius 3 is 2.60 bits per heavy atom. The summed E-state index contributed by atoms with van der Waals surface area (Å²) in [5, 5.41) is 0. The van der Waals surface area contributed by atoms with Gasteiger partial charge in [-0.1, -0.05) is 28.7 Å². The number of halogens is 1. The van der Waals surface area contributed by atoms with E-state index in [2.05, 4.69) is 29.2 Å². The molecular weight excluding hydrogens is 371 g/mol. The van der Waals surface area contributed by atoms with Crippen molar-refractivity contribution in [1.82, 2.24) is 0 Å². The molecule has 0 amide bonds. The van der Waals surface area contributed by atoms with E-state index in [1.54, 1.807) is 6.08 Å². The Bertz CT molecular complexity index is 410. The lowest BCUT2D eigenvalue weighted by Crippen LogP contribution is -2.42. The molecule has 112 valence electrons. The van der Waals surface area contributed by atoms with Gasteiger partial charge >= 0.3 is 11.9 Å². The fraction of sp³-hybridized carbons (Fsp3) is 0.733. The van der Waals surface area contributed by atoms with Gasteiger partial charge in [0.05, 0.1) is 17.9 Å². The molecule has 1 spiro atoms. The number of ether oxygens (including phenoxy) is 2. The molecular formula is C15H21IO4. The first-order valence-electron chi connectivity index (χ1n) is 6.98. The molecule has 0 aromatic carbocycles. The van der Waals surface area contributed by atoms with Crippen LogP contribution in [-0.2, 0) is 19.1 Å². The van der Waals surface area contributed by atoms with E-state index < -0.39 is 5.41 Å². The number of allylic oxidation sites excluding steroid dienone is 1. The van der Waals surface area contributed by atoms with Crippen molar-refractivity contribution in [2.75, 3.05) is 11.5 Å². The minimum atomic E-state index is -0.496. The Morgan fingerprint density at radius 2 is 2.15 bits per heavy atom. The highest BCUT2D eigenvalue weighted by Gasteiger charge is 2.55. The lowest BCUT2D eigenvalue weighted by molar-refractivity contribution is -0.161. The van der Waals surface area contributed by atoms with Gasteiger partial charge in [0.15, 0.2) is 0 Å². The predicted octanol–water partition coefficient (Wildman–Crippen LogP) is 3.03. The van der Waals surface area contributed by atoms with Crippen LogP contribution in [0.3, 0.4) is 0 Å². The van der Waals surface area contributed by atoms with Crippen LogP contribution in [0.5, 0.6) is 0 Å². The summed E-state index contributed by atoms with van der Waals surface area (Å²) in [5.41, 5.74) is -0.862. The summed E-state index contributed by atoms with van der Waals surface area (Å²) in [5.74, 6) is -0.250. The van der Waals surface area contributed by atoms with Gasteiger partial charge in [-0.2, -0.15) is 0 Å². The zero-order chi connectivity index (χ0) is 14.8. The lowest BCUT2D eigenvalue weighted by Gasteiger charge is -2.40. The van der Waals surface area contributed by atoms with Crippen molar-refractivity contribution >= 4 is 34.5 Å². The molecule has 2 rings (SSSR count). The fourth-order valence-corrected chi connectivity index (χ4v) is 4.01. The average Bonchev–Trinajstić information content (AvgIpc) is 2.78. The smallest absolute Gasteiger partial charge is 0.312 e. The second kappa shape index (κ2) is 6.03. The normalized spacial score (nSPS) is 36.7. The summed E-state index contributed by atoms with van der Waals surface area (Å²) in [4.78, 5) is 24.3. The molecule has 0 aromatic heterocycles. The molecule has 2 aliphatic rings. The highest BCUT2D eigenvalue weighted by Crippen LogP contribution is 2.53. The number of cyclic esters (lactones) is 1. The van der Waals surface area contributed by atoms with Gasteiger partial charge in [0.1, 0.15) is 6.10 Å². The number of methoxy groups -OCH3 is 1. The van der Waals surface area contributed by atoms with Gasteiger partial charge in [0.2, 0.25) is 0 Å². The molecule has 5 heteroatoms. The lowest BCUT2D eigenvalue weighted by atomic mass is 9.61. The van der Waals surface area contributed by atoms with Gasteiger partial charge < -0.3 is 9.47 Å². The Morgan fingerprint density at radius 1 is 1.50 bits per heavy atom. The maximum absolute atomic E-state index is 12.2. The van der Waals surface area contributed by atoms with Gasteiger partial charge in [-0.3, -0.25) is 9.59 Å². The van der Waals surface area contributed by atoms with E-state index >= 15 is 0 Å². The highest BCUT2D eigenvalue weighted by atomic mass is 127. The molecule has 1 unspecified atom stereocenters. The van der Waals surface area contributed by atoms with Crippen LogP contribution < -0.4 is 0 Å². The number of alkyl halides is 1. The SMILES string of the molecule is C=CCC1(C(=O)OC)CCC2(CC1)CC(CI)OC2=O. The first-order valence-corrected chi connectivity index (χ1v) is 8.51. The molecule has 1 saturated carbocycles. The predicted molar refractivity (Wildman–Crippen MR) is 83.5 cm³/mol. The largest absolute Gasteiger partial charge is 0.469 e. The molecule has 0 N–H and O–H groups in total. The second-order valence-corrected chi connectivity index (χ2v) is 6.81. The van der Waals surface area contributed by atoms with Crippen molar-refractivity contribution in [2.24, 2.45) is 10.8 Å². The van der Waals surface area contributed by atoms with Crippen molar-refractivity contribution < 1.29 is 19.1 Å². The van der Waals surface area contributed by atoms with Crippen LogP contribution in [-0.4, -0.2) is 29.6 Å². The quantitative estimate of drug-likeness (QED) is 0.320. The van der Waals surface area contributed by atoms with E-state index in [1.807, 2.05) is 0 Å². The van der Waals surface area contributed by atoms with Crippen molar-refractivity contribution in [1.29, 1.82) is 0 Å². The fourth-order valence-electron chi connectivity index (χ4n) is 3.52. The number of carbonyl (C=O) groups excluding carboxylic acids is 2. The molecule has 0 bridgehead atoms. The monoisotopic (exact) mass is 392 g/mol. The summed E-state index contributed by atoms with van der Waals surface area (Å²) >= 11 is 2.25. The van der Waals surface area contributed by atoms with Crippen LogP contribution in [0.25, 0.3) is 0 Å². The summed E-state index contributed by atoms with van der Waals surface area (Å²) in [6.45, 7) is 3.75. The average molecular weight is 392 g/mol. The summed E-state index contributed by atoms with van der Waals surface area (Å²) in [6, 6.07) is 0. The Kier molecular flexibility index (Phi) is 4.76. The van der Waals surface area contributed by atoms with Gasteiger partial charge in [-0.25, -0.2) is 0 Å². The third-order valence-corrected chi connectivity index (χ3v) is 5.80. The molecule has 4 nitrogen and oxygen atoms in total. The maximum Gasteiger partial charge on any atom is 0.312 e. The number of carbonyl (C=O) groups is 2. The van der Waals surface area contributed by atoms with Gasteiger partial charge in [-0.15, -0.1) is 6.58 Å². The van der Waals surface area contributed by atoms with Crippen molar-refractivity contribution in [3.05, 3.63) is 12.7 Å². The minimum Gasteiger partial charge on any atom is -0.469 e. The van der Waals surface area contributed by atoms with Crippen molar-refractivity contribution in [3.8, 4) is 0 Å². The zero-order valence-electron chi connectivity index (χ0n) is 11.8. The van der Waals surface area contributed by atoms with Crippen LogP contribution in [0.4, 0.5) is 0 Å². The number of esters is 2. The summed E-state index contributed by atoms with van der Waals surface area (Å²) < 4.78 is 11.2.